The summed E-state index contributed by atoms with van der Waals surface area (Å²) in [5.74, 6) is -0.248. The van der Waals surface area contributed by atoms with Gasteiger partial charge in [-0.3, -0.25) is 4.79 Å². The highest BCUT2D eigenvalue weighted by atomic mass is 19.1. The molecule has 0 aliphatic rings. The molecule has 0 aliphatic carbocycles. The lowest BCUT2D eigenvalue weighted by molar-refractivity contribution is 0.0952. The van der Waals surface area contributed by atoms with Crippen LogP contribution in [0.4, 0.5) is 4.39 Å². The van der Waals surface area contributed by atoms with Crippen LogP contribution in [0.5, 0.6) is 0 Å². The van der Waals surface area contributed by atoms with E-state index in [1.54, 1.807) is 12.1 Å². The minimum Gasteiger partial charge on any atom is -0.352 e. The van der Waals surface area contributed by atoms with Gasteiger partial charge >= 0.3 is 0 Å². The Balaban J connectivity index is 1.85. The predicted octanol–water partition coefficient (Wildman–Crippen LogP) is 4.11. The monoisotopic (exact) mass is 299 g/mol. The molecule has 2 rings (SSSR count). The number of rotatable bonds is 5. The molecule has 0 spiro atoms. The van der Waals surface area contributed by atoms with Crippen molar-refractivity contribution in [2.75, 3.05) is 6.54 Å². The first-order chi connectivity index (χ1) is 10.5. The van der Waals surface area contributed by atoms with Gasteiger partial charge in [-0.2, -0.15) is 0 Å². The van der Waals surface area contributed by atoms with Crippen molar-refractivity contribution in [1.29, 1.82) is 0 Å². The average Bonchev–Trinajstić information content (AvgIpc) is 2.49. The summed E-state index contributed by atoms with van der Waals surface area (Å²) in [7, 11) is 0. The van der Waals surface area contributed by atoms with Crippen molar-refractivity contribution in [3.05, 3.63) is 70.0 Å². The van der Waals surface area contributed by atoms with E-state index in [0.29, 0.717) is 6.54 Å². The Morgan fingerprint density at radius 3 is 2.32 bits per heavy atom. The van der Waals surface area contributed by atoms with Crippen LogP contribution in [-0.2, 0) is 6.42 Å². The number of carbonyl (C=O) groups is 1. The van der Waals surface area contributed by atoms with Crippen molar-refractivity contribution < 1.29 is 9.18 Å². The molecular weight excluding hydrogens is 277 g/mol. The van der Waals surface area contributed by atoms with E-state index in [1.165, 1.54) is 17.7 Å². The lowest BCUT2D eigenvalue weighted by Crippen LogP contribution is -2.25. The minimum atomic E-state index is -0.220. The summed E-state index contributed by atoms with van der Waals surface area (Å²) in [6.45, 7) is 6.63. The Morgan fingerprint density at radius 1 is 1.00 bits per heavy atom. The topological polar surface area (TPSA) is 29.1 Å². The van der Waals surface area contributed by atoms with Gasteiger partial charge in [0.25, 0.3) is 5.91 Å². The summed E-state index contributed by atoms with van der Waals surface area (Å²) in [4.78, 5) is 12.2. The van der Waals surface area contributed by atoms with Gasteiger partial charge in [0.1, 0.15) is 5.82 Å². The van der Waals surface area contributed by atoms with Crippen molar-refractivity contribution >= 4 is 5.91 Å². The molecule has 0 unspecified atom stereocenters. The second-order valence-corrected chi connectivity index (χ2v) is 5.74. The fourth-order valence-electron chi connectivity index (χ4n) is 2.45. The van der Waals surface area contributed by atoms with Crippen LogP contribution < -0.4 is 5.32 Å². The van der Waals surface area contributed by atoms with Crippen LogP contribution >= 0.6 is 0 Å². The fourth-order valence-corrected chi connectivity index (χ4v) is 2.45. The molecule has 0 aromatic heterocycles. The maximum Gasteiger partial charge on any atom is 0.251 e. The van der Waals surface area contributed by atoms with Crippen molar-refractivity contribution in [3.8, 4) is 0 Å². The molecule has 116 valence electrons. The van der Waals surface area contributed by atoms with Crippen molar-refractivity contribution in [2.24, 2.45) is 0 Å². The highest BCUT2D eigenvalue weighted by molar-refractivity contribution is 5.95. The Bertz CT molecular complexity index is 662. The molecular formula is C19H22FNO. The van der Waals surface area contributed by atoms with E-state index >= 15 is 0 Å². The summed E-state index contributed by atoms with van der Waals surface area (Å²) in [6, 6.07) is 10.5. The first-order valence-electron chi connectivity index (χ1n) is 7.58. The largest absolute Gasteiger partial charge is 0.352 e. The zero-order valence-corrected chi connectivity index (χ0v) is 13.4. The number of amides is 1. The van der Waals surface area contributed by atoms with Crippen LogP contribution in [-0.4, -0.2) is 12.5 Å². The van der Waals surface area contributed by atoms with Crippen molar-refractivity contribution in [1.82, 2.24) is 5.32 Å². The number of carbonyl (C=O) groups excluding carboxylic acids is 1. The molecule has 2 aromatic rings. The van der Waals surface area contributed by atoms with Crippen LogP contribution in [0.2, 0.25) is 0 Å². The molecule has 0 heterocycles. The Morgan fingerprint density at radius 2 is 1.64 bits per heavy atom. The van der Waals surface area contributed by atoms with Gasteiger partial charge in [-0.05, 0) is 74.1 Å². The molecule has 2 aromatic carbocycles. The molecule has 22 heavy (non-hydrogen) atoms. The SMILES string of the molecule is Cc1cc(C)c(C(=O)NCCCc2ccc(F)cc2)cc1C. The first-order valence-corrected chi connectivity index (χ1v) is 7.58. The number of hydrogen-bond acceptors (Lipinski definition) is 1. The number of halogens is 1. The maximum atomic E-state index is 12.8. The second kappa shape index (κ2) is 7.21. The summed E-state index contributed by atoms with van der Waals surface area (Å²) >= 11 is 0. The average molecular weight is 299 g/mol. The van der Waals surface area contributed by atoms with Gasteiger partial charge in [0, 0.05) is 12.1 Å². The molecule has 3 heteroatoms. The van der Waals surface area contributed by atoms with E-state index < -0.39 is 0 Å². The third-order valence-electron chi connectivity index (χ3n) is 3.93. The third kappa shape index (κ3) is 4.17. The van der Waals surface area contributed by atoms with E-state index in [1.807, 2.05) is 32.9 Å². The molecule has 0 bridgehead atoms. The highest BCUT2D eigenvalue weighted by Gasteiger charge is 2.09. The molecule has 0 aliphatic heterocycles. The Kier molecular flexibility index (Phi) is 5.31. The Hall–Kier alpha value is -2.16. The number of nitrogens with one attached hydrogen (secondary N) is 1. The van der Waals surface area contributed by atoms with E-state index in [9.17, 15) is 9.18 Å². The van der Waals surface area contributed by atoms with Crippen LogP contribution in [0.25, 0.3) is 0 Å². The Labute approximate surface area is 131 Å². The van der Waals surface area contributed by atoms with E-state index in [0.717, 1.165) is 35.1 Å². The molecule has 0 fully saturated rings. The van der Waals surface area contributed by atoms with Crippen LogP contribution in [0, 0.1) is 26.6 Å². The lowest BCUT2D eigenvalue weighted by atomic mass is 10.0. The number of hydrogen-bond donors (Lipinski definition) is 1. The van der Waals surface area contributed by atoms with E-state index in [2.05, 4.69) is 5.32 Å². The van der Waals surface area contributed by atoms with Crippen molar-refractivity contribution in [3.63, 3.8) is 0 Å². The number of benzene rings is 2. The van der Waals surface area contributed by atoms with Crippen LogP contribution in [0.15, 0.2) is 36.4 Å². The maximum absolute atomic E-state index is 12.8. The standard InChI is InChI=1S/C19H22FNO/c1-13-11-15(3)18(12-14(13)2)19(22)21-10-4-5-16-6-8-17(20)9-7-16/h6-9,11-12H,4-5,10H2,1-3H3,(H,21,22). The molecule has 0 radical (unpaired) electrons. The number of aryl methyl sites for hydroxylation is 4. The molecule has 0 atom stereocenters. The third-order valence-corrected chi connectivity index (χ3v) is 3.93. The summed E-state index contributed by atoms with van der Waals surface area (Å²) in [5, 5.41) is 2.96. The quantitative estimate of drug-likeness (QED) is 0.827. The lowest BCUT2D eigenvalue weighted by Gasteiger charge is -2.10. The van der Waals surface area contributed by atoms with Gasteiger partial charge < -0.3 is 5.32 Å². The normalized spacial score (nSPS) is 10.5. The summed E-state index contributed by atoms with van der Waals surface area (Å²) < 4.78 is 12.8. The smallest absolute Gasteiger partial charge is 0.251 e. The molecule has 0 saturated carbocycles. The minimum absolute atomic E-state index is 0.0280. The van der Waals surface area contributed by atoms with Gasteiger partial charge in [0.2, 0.25) is 0 Å². The van der Waals surface area contributed by atoms with E-state index in [4.69, 9.17) is 0 Å². The molecule has 1 amide bonds. The summed E-state index contributed by atoms with van der Waals surface area (Å²) in [6.07, 6.45) is 1.66. The molecule has 2 nitrogen and oxygen atoms in total. The first kappa shape index (κ1) is 16.2. The molecule has 1 N–H and O–H groups in total. The van der Waals surface area contributed by atoms with Crippen molar-refractivity contribution in [2.45, 2.75) is 33.6 Å². The van der Waals surface area contributed by atoms with Gasteiger partial charge in [0.05, 0.1) is 0 Å². The zero-order valence-electron chi connectivity index (χ0n) is 13.4. The van der Waals surface area contributed by atoms with Gasteiger partial charge in [-0.25, -0.2) is 4.39 Å². The van der Waals surface area contributed by atoms with Gasteiger partial charge in [-0.1, -0.05) is 18.2 Å². The van der Waals surface area contributed by atoms with Crippen LogP contribution in [0.1, 0.15) is 39.0 Å². The zero-order chi connectivity index (χ0) is 16.1. The highest BCUT2D eigenvalue weighted by Crippen LogP contribution is 2.15. The fraction of sp³-hybridized carbons (Fsp3) is 0.316. The predicted molar refractivity (Wildman–Crippen MR) is 87.7 cm³/mol. The summed E-state index contributed by atoms with van der Waals surface area (Å²) in [5.41, 5.74) is 5.15. The van der Waals surface area contributed by atoms with Crippen LogP contribution in [0.3, 0.4) is 0 Å². The van der Waals surface area contributed by atoms with Gasteiger partial charge in [-0.15, -0.1) is 0 Å². The molecule has 0 saturated heterocycles. The van der Waals surface area contributed by atoms with E-state index in [-0.39, 0.29) is 11.7 Å². The van der Waals surface area contributed by atoms with Gasteiger partial charge in [0.15, 0.2) is 0 Å². The second-order valence-electron chi connectivity index (χ2n) is 5.74.